The quantitative estimate of drug-likeness (QED) is 0.876. The van der Waals surface area contributed by atoms with E-state index >= 15 is 0 Å². The number of aromatic hydroxyl groups is 1. The second kappa shape index (κ2) is 5.16. The fourth-order valence-electron chi connectivity index (χ4n) is 1.50. The van der Waals surface area contributed by atoms with Crippen molar-refractivity contribution in [2.24, 2.45) is 0 Å². The van der Waals surface area contributed by atoms with Crippen LogP contribution in [0.1, 0.15) is 11.1 Å². The summed E-state index contributed by atoms with van der Waals surface area (Å²) in [7, 11) is 1.58. The summed E-state index contributed by atoms with van der Waals surface area (Å²) in [5.41, 5.74) is 1.98. The standard InChI is InChI=1S/C14H13NO2/c1-17-14-10-13(16)5-4-12(14)3-2-11-6-8-15-9-7-11/h2-10,16H,1H3/b3-2+. The van der Waals surface area contributed by atoms with Crippen LogP contribution in [-0.2, 0) is 0 Å². The van der Waals surface area contributed by atoms with Gasteiger partial charge in [0, 0.05) is 24.0 Å². The molecule has 1 heterocycles. The van der Waals surface area contributed by atoms with Crippen molar-refractivity contribution in [2.75, 3.05) is 7.11 Å². The van der Waals surface area contributed by atoms with Crippen LogP contribution < -0.4 is 4.74 Å². The van der Waals surface area contributed by atoms with Crippen molar-refractivity contribution in [1.29, 1.82) is 0 Å². The number of rotatable bonds is 3. The molecule has 0 bridgehead atoms. The van der Waals surface area contributed by atoms with E-state index in [0.29, 0.717) is 5.75 Å². The highest BCUT2D eigenvalue weighted by Gasteiger charge is 2.00. The van der Waals surface area contributed by atoms with E-state index in [-0.39, 0.29) is 5.75 Å². The van der Waals surface area contributed by atoms with Crippen molar-refractivity contribution in [3.63, 3.8) is 0 Å². The molecule has 3 nitrogen and oxygen atoms in total. The van der Waals surface area contributed by atoms with Gasteiger partial charge in [-0.2, -0.15) is 0 Å². The summed E-state index contributed by atoms with van der Waals surface area (Å²) < 4.78 is 5.19. The van der Waals surface area contributed by atoms with Gasteiger partial charge >= 0.3 is 0 Å². The third kappa shape index (κ3) is 2.84. The average Bonchev–Trinajstić information content (AvgIpc) is 2.38. The summed E-state index contributed by atoms with van der Waals surface area (Å²) in [6, 6.07) is 8.87. The lowest BCUT2D eigenvalue weighted by atomic mass is 10.1. The van der Waals surface area contributed by atoms with E-state index in [2.05, 4.69) is 4.98 Å². The molecule has 1 N–H and O–H groups in total. The van der Waals surface area contributed by atoms with Gasteiger partial charge in [-0.05, 0) is 29.8 Å². The third-order valence-corrected chi connectivity index (χ3v) is 2.38. The molecule has 1 aromatic carbocycles. The molecule has 0 saturated carbocycles. The number of phenolic OH excluding ortho intramolecular Hbond substituents is 1. The molecule has 3 heteroatoms. The lowest BCUT2D eigenvalue weighted by molar-refractivity contribution is 0.407. The zero-order valence-corrected chi connectivity index (χ0v) is 9.50. The molecule has 0 amide bonds. The van der Waals surface area contributed by atoms with Crippen molar-refractivity contribution in [2.45, 2.75) is 0 Å². The Balaban J connectivity index is 2.27. The summed E-state index contributed by atoms with van der Waals surface area (Å²) in [6.07, 6.45) is 7.39. The molecule has 2 aromatic rings. The fraction of sp³-hybridized carbons (Fsp3) is 0.0714. The normalized spacial score (nSPS) is 10.6. The van der Waals surface area contributed by atoms with E-state index in [1.165, 1.54) is 0 Å². The molecule has 86 valence electrons. The molecular formula is C14H13NO2. The molecule has 0 saturated heterocycles. The molecule has 0 fully saturated rings. The topological polar surface area (TPSA) is 42.4 Å². The summed E-state index contributed by atoms with van der Waals surface area (Å²) in [5, 5.41) is 9.34. The molecule has 2 rings (SSSR count). The van der Waals surface area contributed by atoms with Crippen molar-refractivity contribution in [3.8, 4) is 11.5 Å². The number of methoxy groups -OCH3 is 1. The number of hydrogen-bond acceptors (Lipinski definition) is 3. The first-order valence-corrected chi connectivity index (χ1v) is 5.25. The van der Waals surface area contributed by atoms with Crippen LogP contribution in [0.2, 0.25) is 0 Å². The first-order chi connectivity index (χ1) is 8.29. The van der Waals surface area contributed by atoms with Crippen molar-refractivity contribution in [3.05, 3.63) is 53.9 Å². The molecule has 0 atom stereocenters. The zero-order chi connectivity index (χ0) is 12.1. The number of ether oxygens (including phenoxy) is 1. The lowest BCUT2D eigenvalue weighted by Gasteiger charge is -2.04. The number of aromatic nitrogens is 1. The summed E-state index contributed by atoms with van der Waals surface area (Å²) in [6.45, 7) is 0. The maximum atomic E-state index is 9.34. The van der Waals surface area contributed by atoms with E-state index in [1.807, 2.05) is 30.4 Å². The molecule has 1 aromatic heterocycles. The van der Waals surface area contributed by atoms with Crippen LogP contribution in [0.4, 0.5) is 0 Å². The summed E-state index contributed by atoms with van der Waals surface area (Å²) in [5.74, 6) is 0.846. The Labute approximate surface area is 100 Å². The van der Waals surface area contributed by atoms with E-state index in [0.717, 1.165) is 11.1 Å². The highest BCUT2D eigenvalue weighted by molar-refractivity contribution is 5.72. The smallest absolute Gasteiger partial charge is 0.129 e. The minimum absolute atomic E-state index is 0.197. The third-order valence-electron chi connectivity index (χ3n) is 2.38. The van der Waals surface area contributed by atoms with Crippen LogP contribution in [0.25, 0.3) is 12.2 Å². The Morgan fingerprint density at radius 1 is 1.12 bits per heavy atom. The van der Waals surface area contributed by atoms with Gasteiger partial charge in [-0.3, -0.25) is 4.98 Å². The van der Waals surface area contributed by atoms with Crippen LogP contribution in [0.5, 0.6) is 11.5 Å². The maximum Gasteiger partial charge on any atom is 0.129 e. The lowest BCUT2D eigenvalue weighted by Crippen LogP contribution is -1.86. The number of phenols is 1. The van der Waals surface area contributed by atoms with E-state index in [9.17, 15) is 5.11 Å². The Morgan fingerprint density at radius 3 is 2.59 bits per heavy atom. The van der Waals surface area contributed by atoms with Crippen molar-refractivity contribution >= 4 is 12.2 Å². The number of pyridine rings is 1. The first-order valence-electron chi connectivity index (χ1n) is 5.25. The predicted molar refractivity (Wildman–Crippen MR) is 67.8 cm³/mol. The number of benzene rings is 1. The van der Waals surface area contributed by atoms with Gasteiger partial charge < -0.3 is 9.84 Å². The predicted octanol–water partition coefficient (Wildman–Crippen LogP) is 2.97. The van der Waals surface area contributed by atoms with Gasteiger partial charge in [0.25, 0.3) is 0 Å². The second-order valence-electron chi connectivity index (χ2n) is 3.54. The molecule has 17 heavy (non-hydrogen) atoms. The van der Waals surface area contributed by atoms with Crippen LogP contribution in [0, 0.1) is 0 Å². The average molecular weight is 227 g/mol. The Hall–Kier alpha value is -2.29. The minimum atomic E-state index is 0.197. The Morgan fingerprint density at radius 2 is 1.88 bits per heavy atom. The molecule has 0 radical (unpaired) electrons. The SMILES string of the molecule is COc1cc(O)ccc1/C=C/c1ccncc1. The van der Waals surface area contributed by atoms with Crippen molar-refractivity contribution < 1.29 is 9.84 Å². The van der Waals surface area contributed by atoms with Crippen LogP contribution in [0.15, 0.2) is 42.7 Å². The van der Waals surface area contributed by atoms with E-state index < -0.39 is 0 Å². The molecule has 0 aliphatic rings. The van der Waals surface area contributed by atoms with Gasteiger partial charge in [0.2, 0.25) is 0 Å². The molecule has 0 aliphatic carbocycles. The molecule has 0 spiro atoms. The number of hydrogen-bond donors (Lipinski definition) is 1. The van der Waals surface area contributed by atoms with Crippen LogP contribution >= 0.6 is 0 Å². The fourth-order valence-corrected chi connectivity index (χ4v) is 1.50. The van der Waals surface area contributed by atoms with Crippen LogP contribution in [-0.4, -0.2) is 17.2 Å². The summed E-state index contributed by atoms with van der Waals surface area (Å²) in [4.78, 5) is 3.95. The highest BCUT2D eigenvalue weighted by Crippen LogP contribution is 2.25. The first kappa shape index (κ1) is 11.2. The second-order valence-corrected chi connectivity index (χ2v) is 3.54. The Bertz CT molecular complexity index is 521. The summed E-state index contributed by atoms with van der Waals surface area (Å²) >= 11 is 0. The maximum absolute atomic E-state index is 9.34. The van der Waals surface area contributed by atoms with Gasteiger partial charge in [0.15, 0.2) is 0 Å². The van der Waals surface area contributed by atoms with E-state index in [1.54, 1.807) is 31.6 Å². The molecule has 0 unspecified atom stereocenters. The van der Waals surface area contributed by atoms with Gasteiger partial charge in [-0.25, -0.2) is 0 Å². The minimum Gasteiger partial charge on any atom is -0.508 e. The van der Waals surface area contributed by atoms with Gasteiger partial charge in [-0.15, -0.1) is 0 Å². The zero-order valence-electron chi connectivity index (χ0n) is 9.50. The molecular weight excluding hydrogens is 214 g/mol. The number of nitrogens with zero attached hydrogens (tertiary/aromatic N) is 1. The highest BCUT2D eigenvalue weighted by atomic mass is 16.5. The van der Waals surface area contributed by atoms with Crippen molar-refractivity contribution in [1.82, 2.24) is 4.98 Å². The van der Waals surface area contributed by atoms with E-state index in [4.69, 9.17) is 4.74 Å². The van der Waals surface area contributed by atoms with Gasteiger partial charge in [-0.1, -0.05) is 12.2 Å². The monoisotopic (exact) mass is 227 g/mol. The van der Waals surface area contributed by atoms with Gasteiger partial charge in [0.05, 0.1) is 7.11 Å². The van der Waals surface area contributed by atoms with Crippen LogP contribution in [0.3, 0.4) is 0 Å². The largest absolute Gasteiger partial charge is 0.508 e. The Kier molecular flexibility index (Phi) is 3.40. The van der Waals surface area contributed by atoms with Gasteiger partial charge in [0.1, 0.15) is 11.5 Å². The molecule has 0 aliphatic heterocycles.